The minimum absolute atomic E-state index is 0.108. The van der Waals surface area contributed by atoms with Crippen molar-refractivity contribution in [2.45, 2.75) is 6.04 Å². The molecule has 0 unspecified atom stereocenters. The number of nitrogens with zero attached hydrogens (tertiary/aromatic N) is 3. The number of hydrogen-bond acceptors (Lipinski definition) is 4. The number of nitrogens with one attached hydrogen (secondary N) is 1. The number of aromatic nitrogens is 1. The maximum atomic E-state index is 13.7. The van der Waals surface area contributed by atoms with Gasteiger partial charge in [-0.15, -0.1) is 0 Å². The maximum Gasteiger partial charge on any atom is 0.236 e. The molecule has 1 N–H and O–H groups in total. The Hall–Kier alpha value is -2.96. The van der Waals surface area contributed by atoms with Crippen LogP contribution in [0, 0.1) is 0 Å². The highest BCUT2D eigenvalue weighted by Crippen LogP contribution is 2.29. The first-order valence-corrected chi connectivity index (χ1v) is 10.4. The molecule has 0 spiro atoms. The van der Waals surface area contributed by atoms with Gasteiger partial charge in [-0.05, 0) is 11.6 Å². The molecule has 0 radical (unpaired) electrons. The Kier molecular flexibility index (Phi) is 5.97. The Morgan fingerprint density at radius 2 is 1.63 bits per heavy atom. The molecule has 1 aliphatic heterocycles. The molecule has 1 amide bonds. The predicted molar refractivity (Wildman–Crippen MR) is 119 cm³/mol. The van der Waals surface area contributed by atoms with E-state index in [0.29, 0.717) is 6.54 Å². The molecule has 2 aromatic carbocycles. The highest BCUT2D eigenvalue weighted by atomic mass is 16.2. The van der Waals surface area contributed by atoms with Crippen molar-refractivity contribution >= 4 is 22.6 Å². The molecule has 30 heavy (non-hydrogen) atoms. The number of piperazine rings is 1. The van der Waals surface area contributed by atoms with Crippen molar-refractivity contribution in [3.05, 3.63) is 71.9 Å². The van der Waals surface area contributed by atoms with E-state index >= 15 is 0 Å². The van der Waals surface area contributed by atoms with E-state index in [0.717, 1.165) is 48.2 Å². The van der Waals surface area contributed by atoms with Crippen LogP contribution in [0.25, 0.3) is 10.9 Å². The molecule has 156 valence electrons. The fourth-order valence-electron chi connectivity index (χ4n) is 4.10. The smallest absolute Gasteiger partial charge is 0.236 e. The largest absolute Gasteiger partial charge is 0.360 e. The number of likely N-dealkylation sites (N-methyl/N-ethyl adjacent to an activating group) is 1. The van der Waals surface area contributed by atoms with Crippen LogP contribution in [0.2, 0.25) is 0 Å². The van der Waals surface area contributed by atoms with Gasteiger partial charge in [0.2, 0.25) is 5.91 Å². The van der Waals surface area contributed by atoms with Crippen LogP contribution in [0.15, 0.2) is 60.8 Å². The van der Waals surface area contributed by atoms with E-state index in [-0.39, 0.29) is 17.7 Å². The first-order chi connectivity index (χ1) is 14.5. The summed E-state index contributed by atoms with van der Waals surface area (Å²) in [6.07, 6.45) is 1.83. The van der Waals surface area contributed by atoms with Gasteiger partial charge in [-0.1, -0.05) is 48.5 Å². The summed E-state index contributed by atoms with van der Waals surface area (Å²) in [5.74, 6) is 0.217. The molecule has 3 aromatic rings. The third-order valence-corrected chi connectivity index (χ3v) is 5.85. The molecule has 0 aliphatic carbocycles. The molecule has 2 heterocycles. The van der Waals surface area contributed by atoms with Gasteiger partial charge < -0.3 is 9.88 Å². The van der Waals surface area contributed by atoms with Crippen molar-refractivity contribution in [2.75, 3.05) is 46.8 Å². The standard InChI is InChI=1S/C24H28N4O2/c1-26(2)22(29)17-27-12-14-28(15-13-27)23(18-8-4-3-5-9-18)24(30)20-16-25-21-11-7-6-10-19(20)21/h3-11,16,23,25H,12-15,17H2,1-2H3/t23-/m1/s1. The van der Waals surface area contributed by atoms with E-state index in [9.17, 15) is 9.59 Å². The Labute approximate surface area is 177 Å². The molecule has 0 saturated carbocycles. The van der Waals surface area contributed by atoms with Crippen molar-refractivity contribution in [1.82, 2.24) is 19.7 Å². The second-order valence-corrected chi connectivity index (χ2v) is 8.03. The summed E-state index contributed by atoms with van der Waals surface area (Å²) in [6.45, 7) is 3.45. The van der Waals surface area contributed by atoms with Crippen LogP contribution >= 0.6 is 0 Å². The molecule has 1 aromatic heterocycles. The number of para-hydroxylation sites is 1. The average molecular weight is 405 g/mol. The number of rotatable bonds is 6. The Morgan fingerprint density at radius 1 is 0.967 bits per heavy atom. The van der Waals surface area contributed by atoms with Gasteiger partial charge in [0.15, 0.2) is 5.78 Å². The first kappa shape index (κ1) is 20.3. The van der Waals surface area contributed by atoms with Crippen LogP contribution in [0.3, 0.4) is 0 Å². The molecule has 1 saturated heterocycles. The number of aromatic amines is 1. The van der Waals surface area contributed by atoms with Crippen molar-refractivity contribution in [1.29, 1.82) is 0 Å². The number of carbonyl (C=O) groups is 2. The molecule has 6 nitrogen and oxygen atoms in total. The number of ketones is 1. The number of carbonyl (C=O) groups excluding carboxylic acids is 2. The highest BCUT2D eigenvalue weighted by Gasteiger charge is 2.32. The fraction of sp³-hybridized carbons (Fsp3) is 0.333. The summed E-state index contributed by atoms with van der Waals surface area (Å²) in [7, 11) is 3.56. The van der Waals surface area contributed by atoms with Gasteiger partial charge in [-0.25, -0.2) is 0 Å². The van der Waals surface area contributed by atoms with Crippen LogP contribution in [0.5, 0.6) is 0 Å². The zero-order valence-corrected chi connectivity index (χ0v) is 17.5. The summed E-state index contributed by atoms with van der Waals surface area (Å²) in [4.78, 5) is 35.0. The average Bonchev–Trinajstić information content (AvgIpc) is 3.20. The van der Waals surface area contributed by atoms with Crippen LogP contribution in [-0.2, 0) is 4.79 Å². The van der Waals surface area contributed by atoms with E-state index < -0.39 is 0 Å². The third-order valence-electron chi connectivity index (χ3n) is 5.85. The Balaban J connectivity index is 1.58. The van der Waals surface area contributed by atoms with Crippen molar-refractivity contribution in [3.63, 3.8) is 0 Å². The number of fused-ring (bicyclic) bond motifs is 1. The topological polar surface area (TPSA) is 59.7 Å². The maximum absolute atomic E-state index is 13.7. The van der Waals surface area contributed by atoms with E-state index in [1.54, 1.807) is 19.0 Å². The zero-order chi connectivity index (χ0) is 21.1. The third kappa shape index (κ3) is 4.15. The quantitative estimate of drug-likeness (QED) is 0.642. The van der Waals surface area contributed by atoms with Crippen LogP contribution in [-0.4, -0.2) is 78.2 Å². The molecule has 1 aliphatic rings. The number of Topliss-reactive ketones (excluding diaryl/α,β-unsaturated/α-hetero) is 1. The van der Waals surface area contributed by atoms with E-state index in [2.05, 4.69) is 14.8 Å². The van der Waals surface area contributed by atoms with Gasteiger partial charge in [0.1, 0.15) is 0 Å². The minimum Gasteiger partial charge on any atom is -0.360 e. The number of hydrogen-bond donors (Lipinski definition) is 1. The fourth-order valence-corrected chi connectivity index (χ4v) is 4.10. The first-order valence-electron chi connectivity index (χ1n) is 10.4. The zero-order valence-electron chi connectivity index (χ0n) is 17.5. The number of amides is 1. The summed E-state index contributed by atoms with van der Waals surface area (Å²) in [5.41, 5.74) is 2.70. The van der Waals surface area contributed by atoms with Crippen molar-refractivity contribution < 1.29 is 9.59 Å². The van der Waals surface area contributed by atoms with Gasteiger partial charge in [0.25, 0.3) is 0 Å². The predicted octanol–water partition coefficient (Wildman–Crippen LogP) is 2.80. The second kappa shape index (κ2) is 8.81. The van der Waals surface area contributed by atoms with Gasteiger partial charge in [0, 0.05) is 62.9 Å². The molecular weight excluding hydrogens is 376 g/mol. The molecule has 0 bridgehead atoms. The molecular formula is C24H28N4O2. The minimum atomic E-state index is -0.336. The highest BCUT2D eigenvalue weighted by molar-refractivity contribution is 6.10. The van der Waals surface area contributed by atoms with Gasteiger partial charge in [-0.2, -0.15) is 0 Å². The van der Waals surface area contributed by atoms with Crippen molar-refractivity contribution in [2.24, 2.45) is 0 Å². The normalized spacial score (nSPS) is 16.5. The van der Waals surface area contributed by atoms with Gasteiger partial charge in [0.05, 0.1) is 12.6 Å². The molecule has 6 heteroatoms. The Bertz CT molecular complexity index is 1020. The monoisotopic (exact) mass is 404 g/mol. The lowest BCUT2D eigenvalue weighted by Crippen LogP contribution is -2.51. The van der Waals surface area contributed by atoms with Crippen LogP contribution in [0.1, 0.15) is 22.0 Å². The molecule has 4 rings (SSSR count). The van der Waals surface area contributed by atoms with Gasteiger partial charge in [-0.3, -0.25) is 19.4 Å². The lowest BCUT2D eigenvalue weighted by molar-refractivity contribution is -0.130. The van der Waals surface area contributed by atoms with Gasteiger partial charge >= 0.3 is 0 Å². The second-order valence-electron chi connectivity index (χ2n) is 8.03. The van der Waals surface area contributed by atoms with E-state index in [4.69, 9.17) is 0 Å². The summed E-state index contributed by atoms with van der Waals surface area (Å²) >= 11 is 0. The van der Waals surface area contributed by atoms with Crippen molar-refractivity contribution in [3.8, 4) is 0 Å². The number of benzene rings is 2. The molecule has 1 fully saturated rings. The Morgan fingerprint density at radius 3 is 2.33 bits per heavy atom. The lowest BCUT2D eigenvalue weighted by atomic mass is 9.95. The SMILES string of the molecule is CN(C)C(=O)CN1CCN([C@@H](C(=O)c2c[nH]c3ccccc23)c2ccccc2)CC1. The summed E-state index contributed by atoms with van der Waals surface area (Å²) in [5, 5.41) is 0.957. The van der Waals surface area contributed by atoms with E-state index in [1.807, 2.05) is 60.8 Å². The van der Waals surface area contributed by atoms with Crippen LogP contribution in [0.4, 0.5) is 0 Å². The number of H-pyrrole nitrogens is 1. The summed E-state index contributed by atoms with van der Waals surface area (Å²) in [6, 6.07) is 17.6. The lowest BCUT2D eigenvalue weighted by Gasteiger charge is -2.38. The molecule has 1 atom stereocenters. The van der Waals surface area contributed by atoms with E-state index in [1.165, 1.54) is 0 Å². The summed E-state index contributed by atoms with van der Waals surface area (Å²) < 4.78 is 0. The van der Waals surface area contributed by atoms with Crippen LogP contribution < -0.4 is 0 Å².